The molecule has 0 N–H and O–H groups in total. The van der Waals surface area contributed by atoms with E-state index in [4.69, 9.17) is 9.15 Å². The minimum atomic E-state index is 0.000378. The Bertz CT molecular complexity index is 849. The van der Waals surface area contributed by atoms with Crippen LogP contribution in [0.25, 0.3) is 11.0 Å². The highest BCUT2D eigenvalue weighted by atomic mass is 79.9. The smallest absolute Gasteiger partial charge is 0.197 e. The fraction of sp³-hybridized carbons (Fsp3) is 0.286. The number of hydrogen-bond acceptors (Lipinski definition) is 3. The molecule has 3 aromatic rings. The number of hydrogen-bond donors (Lipinski definition) is 0. The van der Waals surface area contributed by atoms with E-state index in [9.17, 15) is 4.79 Å². The molecule has 0 aliphatic rings. The summed E-state index contributed by atoms with van der Waals surface area (Å²) in [7, 11) is 0. The number of alkyl halides is 1. The summed E-state index contributed by atoms with van der Waals surface area (Å²) in [6.45, 7) is 2.74. The maximum Gasteiger partial charge on any atom is 0.197 e. The first-order valence-electron chi connectivity index (χ1n) is 8.58. The molecule has 3 nitrogen and oxygen atoms in total. The number of carbonyl (C=O) groups excluding carboxylic acids is 1. The lowest BCUT2D eigenvalue weighted by molar-refractivity contribution is 0.103. The molecule has 1 aromatic heterocycles. The average molecular weight is 401 g/mol. The number of fused-ring (bicyclic) bond motifs is 1. The SMILES string of the molecule is CCCc1oc2ccccc2c1C(=O)c1ccc(OCCCBr)cc1. The van der Waals surface area contributed by atoms with E-state index in [0.717, 1.165) is 47.1 Å². The molecule has 0 fully saturated rings. The predicted molar refractivity (Wildman–Crippen MR) is 104 cm³/mol. The van der Waals surface area contributed by atoms with Gasteiger partial charge in [0.15, 0.2) is 5.78 Å². The van der Waals surface area contributed by atoms with Crippen LogP contribution in [-0.4, -0.2) is 17.7 Å². The summed E-state index contributed by atoms with van der Waals surface area (Å²) >= 11 is 3.38. The molecule has 0 aliphatic heterocycles. The molecule has 0 unspecified atom stereocenters. The summed E-state index contributed by atoms with van der Waals surface area (Å²) in [5.41, 5.74) is 2.10. The topological polar surface area (TPSA) is 39.4 Å². The highest BCUT2D eigenvalue weighted by Gasteiger charge is 2.21. The van der Waals surface area contributed by atoms with Crippen LogP contribution in [0.1, 0.15) is 41.4 Å². The molecule has 0 atom stereocenters. The van der Waals surface area contributed by atoms with E-state index in [2.05, 4.69) is 22.9 Å². The fourth-order valence-corrected chi connectivity index (χ4v) is 3.07. The highest BCUT2D eigenvalue weighted by Crippen LogP contribution is 2.29. The number of furan rings is 1. The lowest BCUT2D eigenvalue weighted by atomic mass is 9.98. The Kier molecular flexibility index (Phi) is 5.92. The molecule has 0 radical (unpaired) electrons. The van der Waals surface area contributed by atoms with Crippen LogP contribution in [0.5, 0.6) is 5.75 Å². The summed E-state index contributed by atoms with van der Waals surface area (Å²) in [5, 5.41) is 1.80. The maximum atomic E-state index is 13.1. The van der Waals surface area contributed by atoms with Crippen LogP contribution >= 0.6 is 15.9 Å². The van der Waals surface area contributed by atoms with Crippen LogP contribution in [0.3, 0.4) is 0 Å². The molecular formula is C21H21BrO3. The highest BCUT2D eigenvalue weighted by molar-refractivity contribution is 9.09. The Morgan fingerprint density at radius 2 is 1.88 bits per heavy atom. The molecule has 25 heavy (non-hydrogen) atoms. The van der Waals surface area contributed by atoms with Crippen LogP contribution < -0.4 is 4.74 Å². The molecule has 0 bridgehead atoms. The van der Waals surface area contributed by atoms with Crippen LogP contribution in [0.2, 0.25) is 0 Å². The van der Waals surface area contributed by atoms with Crippen molar-refractivity contribution >= 4 is 32.7 Å². The van der Waals surface area contributed by atoms with Gasteiger partial charge in [0, 0.05) is 22.7 Å². The fourth-order valence-electron chi connectivity index (χ4n) is 2.84. The third-order valence-electron chi connectivity index (χ3n) is 4.04. The lowest BCUT2D eigenvalue weighted by Crippen LogP contribution is -2.04. The van der Waals surface area contributed by atoms with Gasteiger partial charge in [-0.2, -0.15) is 0 Å². The van der Waals surface area contributed by atoms with Crippen LogP contribution in [0, 0.1) is 0 Å². The van der Waals surface area contributed by atoms with E-state index in [1.54, 1.807) is 0 Å². The van der Waals surface area contributed by atoms with Crippen LogP contribution in [0.4, 0.5) is 0 Å². The second-order valence-electron chi connectivity index (χ2n) is 5.89. The van der Waals surface area contributed by atoms with E-state index in [-0.39, 0.29) is 5.78 Å². The Labute approximate surface area is 156 Å². The first kappa shape index (κ1) is 17.7. The molecule has 0 spiro atoms. The molecule has 0 saturated heterocycles. The van der Waals surface area contributed by atoms with Gasteiger partial charge in [0.2, 0.25) is 0 Å². The van der Waals surface area contributed by atoms with Crippen molar-refractivity contribution in [3.8, 4) is 5.75 Å². The Morgan fingerprint density at radius 3 is 2.60 bits per heavy atom. The lowest BCUT2D eigenvalue weighted by Gasteiger charge is -2.06. The molecule has 0 saturated carbocycles. The standard InChI is InChI=1S/C21H21BrO3/c1-2-6-19-20(17-7-3-4-8-18(17)25-19)21(23)15-9-11-16(12-10-15)24-14-5-13-22/h3-4,7-12H,2,5-6,13-14H2,1H3. The summed E-state index contributed by atoms with van der Waals surface area (Å²) in [6.07, 6.45) is 2.63. The second-order valence-corrected chi connectivity index (χ2v) is 6.68. The molecule has 4 heteroatoms. The molecule has 130 valence electrons. The van der Waals surface area contributed by atoms with Crippen molar-refractivity contribution in [2.45, 2.75) is 26.2 Å². The van der Waals surface area contributed by atoms with Gasteiger partial charge in [-0.1, -0.05) is 41.1 Å². The van der Waals surface area contributed by atoms with Gasteiger partial charge in [-0.25, -0.2) is 0 Å². The van der Waals surface area contributed by atoms with Crippen molar-refractivity contribution in [1.29, 1.82) is 0 Å². The first-order valence-corrected chi connectivity index (χ1v) is 9.70. The minimum Gasteiger partial charge on any atom is -0.494 e. The normalized spacial score (nSPS) is 11.0. The molecule has 2 aromatic carbocycles. The van der Waals surface area contributed by atoms with Gasteiger partial charge >= 0.3 is 0 Å². The largest absolute Gasteiger partial charge is 0.494 e. The van der Waals surface area contributed by atoms with E-state index < -0.39 is 0 Å². The van der Waals surface area contributed by atoms with Gasteiger partial charge in [0.25, 0.3) is 0 Å². The van der Waals surface area contributed by atoms with Crippen molar-refractivity contribution in [2.75, 3.05) is 11.9 Å². The number of halogens is 1. The molecule has 1 heterocycles. The van der Waals surface area contributed by atoms with Gasteiger partial charge in [-0.3, -0.25) is 4.79 Å². The number of carbonyl (C=O) groups is 1. The van der Waals surface area contributed by atoms with Gasteiger partial charge in [-0.15, -0.1) is 0 Å². The first-order chi connectivity index (χ1) is 12.2. The van der Waals surface area contributed by atoms with E-state index in [1.165, 1.54) is 0 Å². The molecule has 0 amide bonds. The summed E-state index contributed by atoms with van der Waals surface area (Å²) < 4.78 is 11.6. The van der Waals surface area contributed by atoms with E-state index in [1.807, 2.05) is 48.5 Å². The molecular weight excluding hydrogens is 380 g/mol. The van der Waals surface area contributed by atoms with Crippen LogP contribution in [-0.2, 0) is 6.42 Å². The number of ketones is 1. The van der Waals surface area contributed by atoms with Gasteiger partial charge < -0.3 is 9.15 Å². The number of ether oxygens (including phenoxy) is 1. The van der Waals surface area contributed by atoms with Gasteiger partial charge in [0.05, 0.1) is 12.2 Å². The van der Waals surface area contributed by atoms with Crippen molar-refractivity contribution in [3.63, 3.8) is 0 Å². The predicted octanol–water partition coefficient (Wildman–Crippen LogP) is 5.78. The number of rotatable bonds is 8. The average Bonchev–Trinajstić information content (AvgIpc) is 3.00. The zero-order chi connectivity index (χ0) is 17.6. The summed E-state index contributed by atoms with van der Waals surface area (Å²) in [6, 6.07) is 15.1. The minimum absolute atomic E-state index is 0.000378. The maximum absolute atomic E-state index is 13.1. The second kappa shape index (κ2) is 8.34. The van der Waals surface area contributed by atoms with Crippen LogP contribution in [0.15, 0.2) is 52.9 Å². The third kappa shape index (κ3) is 3.96. The zero-order valence-corrected chi connectivity index (χ0v) is 15.8. The van der Waals surface area contributed by atoms with Gasteiger partial charge in [-0.05, 0) is 43.2 Å². The van der Waals surface area contributed by atoms with Crippen molar-refractivity contribution in [3.05, 3.63) is 65.4 Å². The van der Waals surface area contributed by atoms with Gasteiger partial charge in [0.1, 0.15) is 17.1 Å². The molecule has 3 rings (SSSR count). The third-order valence-corrected chi connectivity index (χ3v) is 4.60. The number of aryl methyl sites for hydroxylation is 1. The zero-order valence-electron chi connectivity index (χ0n) is 14.3. The van der Waals surface area contributed by atoms with Crippen molar-refractivity contribution < 1.29 is 13.9 Å². The molecule has 0 aliphatic carbocycles. The van der Waals surface area contributed by atoms with Crippen molar-refractivity contribution in [1.82, 2.24) is 0 Å². The number of benzene rings is 2. The monoisotopic (exact) mass is 400 g/mol. The Hall–Kier alpha value is -2.07. The Balaban J connectivity index is 1.90. The van der Waals surface area contributed by atoms with E-state index in [0.29, 0.717) is 17.7 Å². The number of para-hydroxylation sites is 1. The summed E-state index contributed by atoms with van der Waals surface area (Å²) in [4.78, 5) is 13.1. The Morgan fingerprint density at radius 1 is 1.12 bits per heavy atom. The quantitative estimate of drug-likeness (QED) is 0.273. The van der Waals surface area contributed by atoms with Crippen molar-refractivity contribution in [2.24, 2.45) is 0 Å². The summed E-state index contributed by atoms with van der Waals surface area (Å²) in [5.74, 6) is 1.55. The van der Waals surface area contributed by atoms with E-state index >= 15 is 0 Å².